The van der Waals surface area contributed by atoms with Gasteiger partial charge in [-0.15, -0.1) is 0 Å². The van der Waals surface area contributed by atoms with Gasteiger partial charge in [-0.1, -0.05) is 12.5 Å². The fraction of sp³-hybridized carbons (Fsp3) is 0.636. The van der Waals surface area contributed by atoms with Crippen molar-refractivity contribution in [1.82, 2.24) is 0 Å². The third-order valence-corrected chi connectivity index (χ3v) is 2.39. The second-order valence-corrected chi connectivity index (χ2v) is 3.60. The second kappa shape index (κ2) is 4.95. The first-order chi connectivity index (χ1) is 6.20. The van der Waals surface area contributed by atoms with Crippen LogP contribution in [0.3, 0.4) is 0 Å². The highest BCUT2D eigenvalue weighted by Crippen LogP contribution is 2.15. The summed E-state index contributed by atoms with van der Waals surface area (Å²) in [6.07, 6.45) is 7.07. The van der Waals surface area contributed by atoms with Crippen LogP contribution in [0.2, 0.25) is 0 Å². The SMILES string of the molecule is CC(=O)C1=CCCCCCC(=O)C1. The van der Waals surface area contributed by atoms with Gasteiger partial charge in [0.25, 0.3) is 0 Å². The van der Waals surface area contributed by atoms with Crippen molar-refractivity contribution in [3.63, 3.8) is 0 Å². The molecule has 2 nitrogen and oxygen atoms in total. The van der Waals surface area contributed by atoms with Gasteiger partial charge >= 0.3 is 0 Å². The van der Waals surface area contributed by atoms with Crippen LogP contribution in [0.25, 0.3) is 0 Å². The van der Waals surface area contributed by atoms with E-state index in [1.165, 1.54) is 6.92 Å². The Balaban J connectivity index is 2.66. The Kier molecular flexibility index (Phi) is 3.87. The molecular weight excluding hydrogens is 164 g/mol. The van der Waals surface area contributed by atoms with Gasteiger partial charge in [-0.25, -0.2) is 0 Å². The van der Waals surface area contributed by atoms with E-state index in [4.69, 9.17) is 0 Å². The molecular formula is C11H16O2. The zero-order valence-electron chi connectivity index (χ0n) is 8.14. The fourth-order valence-electron chi connectivity index (χ4n) is 1.56. The molecule has 2 heteroatoms. The van der Waals surface area contributed by atoms with E-state index in [2.05, 4.69) is 0 Å². The minimum atomic E-state index is 0.0512. The van der Waals surface area contributed by atoms with Gasteiger partial charge in [0.15, 0.2) is 5.78 Å². The van der Waals surface area contributed by atoms with Gasteiger partial charge in [0.2, 0.25) is 0 Å². The molecule has 0 N–H and O–H groups in total. The van der Waals surface area contributed by atoms with Crippen molar-refractivity contribution >= 4 is 11.6 Å². The predicted octanol–water partition coefficient (Wildman–Crippen LogP) is 2.43. The number of carbonyl (C=O) groups excluding carboxylic acids is 2. The summed E-state index contributed by atoms with van der Waals surface area (Å²) in [5, 5.41) is 0. The minimum Gasteiger partial charge on any atom is -0.299 e. The van der Waals surface area contributed by atoms with Crippen molar-refractivity contribution in [1.29, 1.82) is 0 Å². The lowest BCUT2D eigenvalue weighted by atomic mass is 10.0. The Morgan fingerprint density at radius 2 is 2.08 bits per heavy atom. The minimum absolute atomic E-state index is 0.0512. The summed E-state index contributed by atoms with van der Waals surface area (Å²) in [6, 6.07) is 0. The molecule has 0 unspecified atom stereocenters. The smallest absolute Gasteiger partial charge is 0.155 e. The van der Waals surface area contributed by atoms with Crippen molar-refractivity contribution in [2.75, 3.05) is 0 Å². The molecule has 0 amide bonds. The molecule has 1 aliphatic carbocycles. The molecule has 0 aromatic rings. The number of Topliss-reactive ketones (excluding diaryl/α,β-unsaturated/α-hetero) is 2. The summed E-state index contributed by atoms with van der Waals surface area (Å²) in [5.41, 5.74) is 0.715. The highest BCUT2D eigenvalue weighted by molar-refractivity contribution is 5.98. The van der Waals surface area contributed by atoms with Gasteiger partial charge in [0, 0.05) is 12.8 Å². The third-order valence-electron chi connectivity index (χ3n) is 2.39. The Morgan fingerprint density at radius 1 is 1.31 bits per heavy atom. The van der Waals surface area contributed by atoms with Crippen LogP contribution in [0.5, 0.6) is 0 Å². The lowest BCUT2D eigenvalue weighted by Crippen LogP contribution is -2.04. The van der Waals surface area contributed by atoms with Crippen LogP contribution in [0.4, 0.5) is 0 Å². The van der Waals surface area contributed by atoms with Gasteiger partial charge in [-0.2, -0.15) is 0 Å². The highest BCUT2D eigenvalue weighted by atomic mass is 16.1. The lowest BCUT2D eigenvalue weighted by molar-refractivity contribution is -0.120. The molecule has 0 aromatic carbocycles. The van der Waals surface area contributed by atoms with Crippen LogP contribution in [-0.4, -0.2) is 11.6 Å². The van der Waals surface area contributed by atoms with Crippen molar-refractivity contribution in [2.45, 2.75) is 45.4 Å². The van der Waals surface area contributed by atoms with Gasteiger partial charge in [0.1, 0.15) is 5.78 Å². The van der Waals surface area contributed by atoms with Crippen LogP contribution in [-0.2, 0) is 9.59 Å². The number of allylic oxidation sites excluding steroid dienone is 2. The number of ketones is 2. The topological polar surface area (TPSA) is 34.1 Å². The Hall–Kier alpha value is -0.920. The Bertz CT molecular complexity index is 238. The summed E-state index contributed by atoms with van der Waals surface area (Å²) in [6.45, 7) is 1.54. The first-order valence-electron chi connectivity index (χ1n) is 4.92. The van der Waals surface area contributed by atoms with E-state index in [1.54, 1.807) is 0 Å². The summed E-state index contributed by atoms with van der Waals surface area (Å²) >= 11 is 0. The molecule has 1 aliphatic rings. The maximum Gasteiger partial charge on any atom is 0.155 e. The number of rotatable bonds is 1. The molecule has 0 atom stereocenters. The van der Waals surface area contributed by atoms with E-state index in [0.717, 1.165) is 25.7 Å². The molecule has 72 valence electrons. The quantitative estimate of drug-likeness (QED) is 0.621. The van der Waals surface area contributed by atoms with Gasteiger partial charge < -0.3 is 0 Å². The van der Waals surface area contributed by atoms with Gasteiger partial charge in [0.05, 0.1) is 0 Å². The molecule has 0 heterocycles. The average Bonchev–Trinajstić information content (AvgIpc) is 2.16. The van der Waals surface area contributed by atoms with E-state index in [-0.39, 0.29) is 11.6 Å². The fourth-order valence-corrected chi connectivity index (χ4v) is 1.56. The van der Waals surface area contributed by atoms with Crippen LogP contribution < -0.4 is 0 Å². The Labute approximate surface area is 79.0 Å². The van der Waals surface area contributed by atoms with E-state index in [9.17, 15) is 9.59 Å². The molecule has 1 rings (SSSR count). The van der Waals surface area contributed by atoms with Crippen LogP contribution in [0, 0.1) is 0 Å². The lowest BCUT2D eigenvalue weighted by Gasteiger charge is -2.00. The summed E-state index contributed by atoms with van der Waals surface area (Å²) in [4.78, 5) is 22.4. The molecule has 0 spiro atoms. The average molecular weight is 180 g/mol. The maximum atomic E-state index is 11.3. The first-order valence-corrected chi connectivity index (χ1v) is 4.92. The van der Waals surface area contributed by atoms with E-state index < -0.39 is 0 Å². The molecule has 0 aromatic heterocycles. The van der Waals surface area contributed by atoms with E-state index in [1.807, 2.05) is 6.08 Å². The third kappa shape index (κ3) is 3.53. The van der Waals surface area contributed by atoms with Crippen molar-refractivity contribution in [3.05, 3.63) is 11.6 Å². The number of hydrogen-bond acceptors (Lipinski definition) is 2. The highest BCUT2D eigenvalue weighted by Gasteiger charge is 2.11. The van der Waals surface area contributed by atoms with Gasteiger partial charge in [-0.3, -0.25) is 9.59 Å². The second-order valence-electron chi connectivity index (χ2n) is 3.60. The molecule has 0 radical (unpaired) electrons. The van der Waals surface area contributed by atoms with Gasteiger partial charge in [-0.05, 0) is 31.8 Å². The monoisotopic (exact) mass is 180 g/mol. The zero-order chi connectivity index (χ0) is 9.68. The van der Waals surface area contributed by atoms with Crippen LogP contribution >= 0.6 is 0 Å². The van der Waals surface area contributed by atoms with Crippen molar-refractivity contribution in [2.24, 2.45) is 0 Å². The molecule has 0 aliphatic heterocycles. The molecule has 13 heavy (non-hydrogen) atoms. The molecule has 0 saturated heterocycles. The van der Waals surface area contributed by atoms with Crippen molar-refractivity contribution < 1.29 is 9.59 Å². The molecule has 0 bridgehead atoms. The maximum absolute atomic E-state index is 11.3. The standard InChI is InChI=1S/C11H16O2/c1-9(12)10-6-4-2-3-5-7-11(13)8-10/h6H,2-5,7-8H2,1H3. The predicted molar refractivity (Wildman–Crippen MR) is 51.5 cm³/mol. The Morgan fingerprint density at radius 3 is 2.77 bits per heavy atom. The van der Waals surface area contributed by atoms with E-state index in [0.29, 0.717) is 18.4 Å². The summed E-state index contributed by atoms with van der Waals surface area (Å²) < 4.78 is 0. The number of carbonyl (C=O) groups is 2. The normalized spacial score (nSPS) is 19.8. The first kappa shape index (κ1) is 10.2. The van der Waals surface area contributed by atoms with Crippen LogP contribution in [0.15, 0.2) is 11.6 Å². The van der Waals surface area contributed by atoms with Crippen molar-refractivity contribution in [3.8, 4) is 0 Å². The summed E-state index contributed by atoms with van der Waals surface area (Å²) in [7, 11) is 0. The van der Waals surface area contributed by atoms with Crippen LogP contribution in [0.1, 0.15) is 45.4 Å². The van der Waals surface area contributed by atoms with E-state index >= 15 is 0 Å². The summed E-state index contributed by atoms with van der Waals surface area (Å²) in [5.74, 6) is 0.263. The molecule has 0 saturated carbocycles. The zero-order valence-corrected chi connectivity index (χ0v) is 8.14. The largest absolute Gasteiger partial charge is 0.299 e. The number of hydrogen-bond donors (Lipinski definition) is 0. The molecule has 0 fully saturated rings.